The lowest BCUT2D eigenvalue weighted by molar-refractivity contribution is 0.0944. The molecule has 0 spiro atoms. The summed E-state index contributed by atoms with van der Waals surface area (Å²) in [5.74, 6) is 1.86. The number of carbonyl (C=O) groups excluding carboxylic acids is 2. The maximum Gasteiger partial charge on any atom is 0.251 e. The molecule has 1 heterocycles. The first kappa shape index (κ1) is 24.1. The van der Waals surface area contributed by atoms with Crippen LogP contribution in [0.15, 0.2) is 66.7 Å². The van der Waals surface area contributed by atoms with E-state index in [-0.39, 0.29) is 11.7 Å². The van der Waals surface area contributed by atoms with Crippen molar-refractivity contribution in [1.82, 2.24) is 15.3 Å². The zero-order valence-electron chi connectivity index (χ0n) is 21.7. The number of nitrogens with one attached hydrogen (secondary N) is 2. The molecule has 0 unspecified atom stereocenters. The lowest BCUT2D eigenvalue weighted by Crippen LogP contribution is -2.34. The first-order valence-corrected chi connectivity index (χ1v) is 13.3. The predicted molar refractivity (Wildman–Crippen MR) is 151 cm³/mol. The van der Waals surface area contributed by atoms with E-state index in [1.165, 1.54) is 0 Å². The van der Waals surface area contributed by atoms with E-state index >= 15 is 0 Å². The number of amides is 1. The van der Waals surface area contributed by atoms with Gasteiger partial charge in [-0.3, -0.25) is 9.59 Å². The fourth-order valence-electron chi connectivity index (χ4n) is 5.76. The van der Waals surface area contributed by atoms with Crippen LogP contribution in [0.1, 0.15) is 52.0 Å². The third-order valence-electron chi connectivity index (χ3n) is 7.73. The van der Waals surface area contributed by atoms with Gasteiger partial charge >= 0.3 is 0 Å². The standard InChI is InChI=1S/C31H31N5O2/c1-36(2)29-23-10-5-6-13-26(23)34-31(35-29)33-20-16-14-19(15-17-20)18-32-30(38)25-12-7-11-24-27(25)21-8-3-4-9-22(21)28(24)37/h3-13,19-20H,14-18H2,1-2H3,(H,32,38)(H,33,34,35). The van der Waals surface area contributed by atoms with Gasteiger partial charge in [-0.15, -0.1) is 0 Å². The van der Waals surface area contributed by atoms with E-state index in [4.69, 9.17) is 9.97 Å². The molecule has 2 aliphatic carbocycles. The number of aromatic nitrogens is 2. The highest BCUT2D eigenvalue weighted by Gasteiger charge is 2.30. The fourth-order valence-corrected chi connectivity index (χ4v) is 5.76. The van der Waals surface area contributed by atoms with Crippen molar-refractivity contribution in [3.05, 3.63) is 83.4 Å². The molecular weight excluding hydrogens is 474 g/mol. The molecule has 0 aliphatic heterocycles. The molecule has 3 aromatic carbocycles. The van der Waals surface area contributed by atoms with Crippen LogP contribution < -0.4 is 15.5 Å². The molecule has 7 heteroatoms. The lowest BCUT2D eigenvalue weighted by Gasteiger charge is -2.29. The van der Waals surface area contributed by atoms with Crippen molar-refractivity contribution < 1.29 is 9.59 Å². The van der Waals surface area contributed by atoms with Crippen LogP contribution in [0.5, 0.6) is 0 Å². The van der Waals surface area contributed by atoms with Crippen molar-refractivity contribution in [2.75, 3.05) is 30.9 Å². The number of para-hydroxylation sites is 1. The Morgan fingerprint density at radius 1 is 0.868 bits per heavy atom. The van der Waals surface area contributed by atoms with Crippen LogP contribution in [-0.4, -0.2) is 48.3 Å². The predicted octanol–water partition coefficient (Wildman–Crippen LogP) is 5.31. The summed E-state index contributed by atoms with van der Waals surface area (Å²) >= 11 is 0. The Labute approximate surface area is 222 Å². The van der Waals surface area contributed by atoms with Gasteiger partial charge < -0.3 is 15.5 Å². The molecule has 1 amide bonds. The molecule has 1 saturated carbocycles. The highest BCUT2D eigenvalue weighted by Crippen LogP contribution is 2.38. The van der Waals surface area contributed by atoms with Gasteiger partial charge in [0.05, 0.1) is 5.52 Å². The van der Waals surface area contributed by atoms with Gasteiger partial charge in [0.25, 0.3) is 5.91 Å². The maximum atomic E-state index is 13.2. The fraction of sp³-hybridized carbons (Fsp3) is 0.290. The molecule has 1 fully saturated rings. The number of fused-ring (bicyclic) bond motifs is 4. The Morgan fingerprint density at radius 3 is 2.37 bits per heavy atom. The van der Waals surface area contributed by atoms with E-state index < -0.39 is 0 Å². The average Bonchev–Trinajstić information content (AvgIpc) is 3.24. The molecule has 4 aromatic rings. The molecule has 0 radical (unpaired) electrons. The van der Waals surface area contributed by atoms with E-state index in [9.17, 15) is 9.59 Å². The van der Waals surface area contributed by atoms with Gasteiger partial charge in [0, 0.05) is 54.3 Å². The molecule has 38 heavy (non-hydrogen) atoms. The Balaban J connectivity index is 1.08. The number of ketones is 1. The van der Waals surface area contributed by atoms with E-state index in [0.29, 0.717) is 41.1 Å². The highest BCUT2D eigenvalue weighted by molar-refractivity contribution is 6.24. The minimum absolute atomic E-state index is 0.0100. The lowest BCUT2D eigenvalue weighted by atomic mass is 9.86. The van der Waals surface area contributed by atoms with Crippen LogP contribution in [0.4, 0.5) is 11.8 Å². The quantitative estimate of drug-likeness (QED) is 0.325. The Hall–Kier alpha value is -4.26. The number of hydrogen-bond donors (Lipinski definition) is 2. The van der Waals surface area contributed by atoms with Crippen molar-refractivity contribution in [2.45, 2.75) is 31.7 Å². The van der Waals surface area contributed by atoms with Crippen molar-refractivity contribution in [3.63, 3.8) is 0 Å². The van der Waals surface area contributed by atoms with Crippen LogP contribution in [0.2, 0.25) is 0 Å². The summed E-state index contributed by atoms with van der Waals surface area (Å²) in [4.78, 5) is 37.5. The van der Waals surface area contributed by atoms with Gasteiger partial charge in [-0.05, 0) is 55.4 Å². The molecule has 7 nitrogen and oxygen atoms in total. The largest absolute Gasteiger partial charge is 0.362 e. The van der Waals surface area contributed by atoms with E-state index in [1.54, 1.807) is 6.07 Å². The summed E-state index contributed by atoms with van der Waals surface area (Å²) in [5, 5.41) is 7.74. The van der Waals surface area contributed by atoms with Crippen molar-refractivity contribution in [2.24, 2.45) is 5.92 Å². The Morgan fingerprint density at radius 2 is 1.58 bits per heavy atom. The van der Waals surface area contributed by atoms with Gasteiger partial charge in [-0.25, -0.2) is 4.98 Å². The van der Waals surface area contributed by atoms with Crippen LogP contribution >= 0.6 is 0 Å². The van der Waals surface area contributed by atoms with Gasteiger partial charge in [-0.1, -0.05) is 48.5 Å². The van der Waals surface area contributed by atoms with E-state index in [1.807, 2.05) is 79.7 Å². The van der Waals surface area contributed by atoms with Gasteiger partial charge in [-0.2, -0.15) is 4.98 Å². The van der Waals surface area contributed by atoms with Gasteiger partial charge in [0.2, 0.25) is 5.95 Å². The monoisotopic (exact) mass is 505 g/mol. The summed E-state index contributed by atoms with van der Waals surface area (Å²) in [6.07, 6.45) is 4.02. The molecule has 0 saturated heterocycles. The minimum Gasteiger partial charge on any atom is -0.362 e. The summed E-state index contributed by atoms with van der Waals surface area (Å²) in [6.45, 7) is 0.627. The van der Waals surface area contributed by atoms with Crippen molar-refractivity contribution in [1.29, 1.82) is 0 Å². The SMILES string of the molecule is CN(C)c1nc(NC2CCC(CNC(=O)c3cccc4c3-c3ccccc3C4=O)CC2)nc2ccccc12. The zero-order valence-corrected chi connectivity index (χ0v) is 21.7. The second kappa shape index (κ2) is 9.89. The Bertz CT molecular complexity index is 1540. The number of hydrogen-bond acceptors (Lipinski definition) is 6. The van der Waals surface area contributed by atoms with Gasteiger partial charge in [0.15, 0.2) is 5.78 Å². The van der Waals surface area contributed by atoms with E-state index in [0.717, 1.165) is 53.5 Å². The average molecular weight is 506 g/mol. The number of nitrogens with zero attached hydrogens (tertiary/aromatic N) is 3. The summed E-state index contributed by atoms with van der Waals surface area (Å²) in [5.41, 5.74) is 4.38. The van der Waals surface area contributed by atoms with Gasteiger partial charge in [0.1, 0.15) is 5.82 Å². The van der Waals surface area contributed by atoms with Crippen LogP contribution in [0.3, 0.4) is 0 Å². The van der Waals surface area contributed by atoms with E-state index in [2.05, 4.69) is 10.6 Å². The second-order valence-electron chi connectivity index (χ2n) is 10.5. The zero-order chi connectivity index (χ0) is 26.2. The number of rotatable bonds is 6. The Kier molecular flexibility index (Phi) is 6.27. The van der Waals surface area contributed by atoms with Crippen LogP contribution in [-0.2, 0) is 0 Å². The summed E-state index contributed by atoms with van der Waals surface area (Å²) < 4.78 is 0. The molecule has 1 aromatic heterocycles. The molecule has 192 valence electrons. The van der Waals surface area contributed by atoms with Crippen LogP contribution in [0, 0.1) is 5.92 Å². The topological polar surface area (TPSA) is 87.2 Å². The molecular formula is C31H31N5O2. The molecule has 2 N–H and O–H groups in total. The minimum atomic E-state index is -0.118. The molecule has 6 rings (SSSR count). The summed E-state index contributed by atoms with van der Waals surface area (Å²) in [6, 6.07) is 21.3. The number of anilines is 2. The highest BCUT2D eigenvalue weighted by atomic mass is 16.1. The molecule has 0 bridgehead atoms. The second-order valence-corrected chi connectivity index (χ2v) is 10.5. The molecule has 0 atom stereocenters. The number of carbonyl (C=O) groups is 2. The third-order valence-corrected chi connectivity index (χ3v) is 7.73. The van der Waals surface area contributed by atoms with Crippen molar-refractivity contribution in [3.8, 4) is 11.1 Å². The number of benzene rings is 3. The first-order valence-electron chi connectivity index (χ1n) is 13.3. The summed E-state index contributed by atoms with van der Waals surface area (Å²) in [7, 11) is 4.00. The molecule has 2 aliphatic rings. The van der Waals surface area contributed by atoms with Crippen LogP contribution in [0.25, 0.3) is 22.0 Å². The first-order chi connectivity index (χ1) is 18.5. The normalized spacial score (nSPS) is 18.1. The smallest absolute Gasteiger partial charge is 0.251 e. The van der Waals surface area contributed by atoms with Crippen molar-refractivity contribution >= 4 is 34.4 Å². The maximum absolute atomic E-state index is 13.2. The third kappa shape index (κ3) is 4.38.